The highest BCUT2D eigenvalue weighted by Crippen LogP contribution is 2.30. The van der Waals surface area contributed by atoms with Gasteiger partial charge in [0.15, 0.2) is 0 Å². The van der Waals surface area contributed by atoms with Gasteiger partial charge in [0.05, 0.1) is 0 Å². The Bertz CT molecular complexity index is 321. The highest BCUT2D eigenvalue weighted by atomic mass is 32.2. The zero-order valence-electron chi connectivity index (χ0n) is 10.2. The molecule has 1 fully saturated rings. The average Bonchev–Trinajstić information content (AvgIpc) is 2.85. The lowest BCUT2D eigenvalue weighted by molar-refractivity contribution is 0.535. The van der Waals surface area contributed by atoms with Gasteiger partial charge in [-0.05, 0) is 37.7 Å². The summed E-state index contributed by atoms with van der Waals surface area (Å²) < 4.78 is 0. The highest BCUT2D eigenvalue weighted by Gasteiger charge is 2.26. The number of hydrogen-bond donors (Lipinski definition) is 1. The van der Waals surface area contributed by atoms with Crippen LogP contribution >= 0.6 is 23.1 Å². The molecule has 1 nitrogen and oxygen atoms in total. The van der Waals surface area contributed by atoms with Gasteiger partial charge in [0, 0.05) is 27.6 Å². The van der Waals surface area contributed by atoms with Crippen molar-refractivity contribution in [2.24, 2.45) is 0 Å². The highest BCUT2D eigenvalue weighted by molar-refractivity contribution is 7.99. The fourth-order valence-electron chi connectivity index (χ4n) is 2.38. The first-order chi connectivity index (χ1) is 7.79. The summed E-state index contributed by atoms with van der Waals surface area (Å²) in [4.78, 5) is 2.90. The van der Waals surface area contributed by atoms with Crippen LogP contribution in [0.25, 0.3) is 0 Å². The van der Waals surface area contributed by atoms with E-state index in [2.05, 4.69) is 43.1 Å². The summed E-state index contributed by atoms with van der Waals surface area (Å²) >= 11 is 4.04. The minimum absolute atomic E-state index is 0.743. The molecule has 0 amide bonds. The summed E-state index contributed by atoms with van der Waals surface area (Å²) in [7, 11) is 0. The molecule has 3 heteroatoms. The zero-order valence-corrected chi connectivity index (χ0v) is 11.8. The molecule has 1 aliphatic carbocycles. The summed E-state index contributed by atoms with van der Waals surface area (Å²) in [5.74, 6) is 1.25. The minimum atomic E-state index is 0.743. The Morgan fingerprint density at radius 3 is 3.00 bits per heavy atom. The molecule has 1 aromatic rings. The van der Waals surface area contributed by atoms with E-state index in [0.717, 1.165) is 17.8 Å². The van der Waals surface area contributed by atoms with Crippen molar-refractivity contribution >= 4 is 23.1 Å². The Labute approximate surface area is 107 Å². The van der Waals surface area contributed by atoms with Crippen LogP contribution in [0.1, 0.15) is 35.9 Å². The van der Waals surface area contributed by atoms with Gasteiger partial charge >= 0.3 is 0 Å². The van der Waals surface area contributed by atoms with Crippen molar-refractivity contribution in [3.05, 3.63) is 21.9 Å². The van der Waals surface area contributed by atoms with E-state index in [-0.39, 0.29) is 0 Å². The molecule has 2 unspecified atom stereocenters. The van der Waals surface area contributed by atoms with Crippen molar-refractivity contribution in [2.75, 3.05) is 5.75 Å². The van der Waals surface area contributed by atoms with Gasteiger partial charge in [-0.2, -0.15) is 11.8 Å². The molecule has 0 bridgehead atoms. The third-order valence-electron chi connectivity index (χ3n) is 3.17. The molecule has 0 saturated heterocycles. The van der Waals surface area contributed by atoms with Crippen LogP contribution in [0.4, 0.5) is 0 Å². The maximum Gasteiger partial charge on any atom is 0.0302 e. The Morgan fingerprint density at radius 2 is 2.31 bits per heavy atom. The molecule has 1 N–H and O–H groups in total. The van der Waals surface area contributed by atoms with E-state index in [1.165, 1.54) is 34.8 Å². The molecular formula is C13H21NS2. The van der Waals surface area contributed by atoms with Gasteiger partial charge in [0.2, 0.25) is 0 Å². The smallest absolute Gasteiger partial charge is 0.0302 e. The quantitative estimate of drug-likeness (QED) is 0.858. The second kappa shape index (κ2) is 6.08. The monoisotopic (exact) mass is 255 g/mol. The lowest BCUT2D eigenvalue weighted by Gasteiger charge is -2.19. The molecule has 2 rings (SSSR count). The summed E-state index contributed by atoms with van der Waals surface area (Å²) in [5, 5.41) is 4.59. The summed E-state index contributed by atoms with van der Waals surface area (Å²) in [6.07, 6.45) is 4.17. The number of thiophene rings is 1. The van der Waals surface area contributed by atoms with Crippen molar-refractivity contribution in [1.29, 1.82) is 0 Å². The largest absolute Gasteiger partial charge is 0.308 e. The van der Waals surface area contributed by atoms with Crippen molar-refractivity contribution < 1.29 is 0 Å². The first-order valence-electron chi connectivity index (χ1n) is 6.20. The van der Waals surface area contributed by atoms with Crippen LogP contribution in [0, 0.1) is 6.92 Å². The molecule has 1 aliphatic rings. The van der Waals surface area contributed by atoms with Gasteiger partial charge in [-0.3, -0.25) is 0 Å². The Kier molecular flexibility index (Phi) is 4.74. The maximum atomic E-state index is 3.74. The van der Waals surface area contributed by atoms with Crippen LogP contribution in [0.15, 0.2) is 12.1 Å². The van der Waals surface area contributed by atoms with E-state index < -0.39 is 0 Å². The molecule has 0 radical (unpaired) electrons. The predicted octanol–water partition coefficient (Wildman–Crippen LogP) is 3.82. The van der Waals surface area contributed by atoms with Crippen molar-refractivity contribution in [1.82, 2.24) is 5.32 Å². The Hall–Kier alpha value is 0.01000. The first-order valence-corrected chi connectivity index (χ1v) is 8.06. The Morgan fingerprint density at radius 1 is 1.44 bits per heavy atom. The van der Waals surface area contributed by atoms with Gasteiger partial charge in [-0.1, -0.05) is 13.3 Å². The van der Waals surface area contributed by atoms with E-state index in [9.17, 15) is 0 Å². The lowest BCUT2D eigenvalue weighted by atomic mass is 10.2. The van der Waals surface area contributed by atoms with Crippen LogP contribution < -0.4 is 5.32 Å². The van der Waals surface area contributed by atoms with Gasteiger partial charge in [-0.15, -0.1) is 11.3 Å². The number of hydrogen-bond acceptors (Lipinski definition) is 3. The molecule has 0 aromatic carbocycles. The molecule has 16 heavy (non-hydrogen) atoms. The average molecular weight is 255 g/mol. The molecule has 1 aromatic heterocycles. The van der Waals surface area contributed by atoms with Crippen molar-refractivity contribution in [3.63, 3.8) is 0 Å². The SMILES string of the molecule is CCSC1CCCC1NCc1ccc(C)s1. The summed E-state index contributed by atoms with van der Waals surface area (Å²) in [5.41, 5.74) is 0. The van der Waals surface area contributed by atoms with E-state index in [4.69, 9.17) is 0 Å². The molecule has 1 saturated carbocycles. The standard InChI is InChI=1S/C13H21NS2/c1-3-15-13-6-4-5-12(13)14-9-11-8-7-10(2)16-11/h7-8,12-14H,3-6,9H2,1-2H3. The number of nitrogens with one attached hydrogen (secondary N) is 1. The number of aryl methyl sites for hydroxylation is 1. The fourth-order valence-corrected chi connectivity index (χ4v) is 4.45. The van der Waals surface area contributed by atoms with Crippen LogP contribution in [0.3, 0.4) is 0 Å². The summed E-state index contributed by atoms with van der Waals surface area (Å²) in [6.45, 7) is 5.51. The minimum Gasteiger partial charge on any atom is -0.308 e. The zero-order chi connectivity index (χ0) is 11.4. The van der Waals surface area contributed by atoms with Crippen LogP contribution in [-0.2, 0) is 6.54 Å². The van der Waals surface area contributed by atoms with Crippen LogP contribution in [0.2, 0.25) is 0 Å². The van der Waals surface area contributed by atoms with Crippen molar-refractivity contribution in [3.8, 4) is 0 Å². The number of rotatable bonds is 5. The third-order valence-corrected chi connectivity index (χ3v) is 5.49. The number of thioether (sulfide) groups is 1. The second-order valence-electron chi connectivity index (χ2n) is 4.42. The van der Waals surface area contributed by atoms with Gasteiger partial charge in [0.1, 0.15) is 0 Å². The van der Waals surface area contributed by atoms with Gasteiger partial charge in [-0.25, -0.2) is 0 Å². The first kappa shape index (κ1) is 12.5. The lowest BCUT2D eigenvalue weighted by Crippen LogP contribution is -2.33. The van der Waals surface area contributed by atoms with E-state index in [1.807, 2.05) is 11.3 Å². The van der Waals surface area contributed by atoms with Crippen LogP contribution in [0.5, 0.6) is 0 Å². The molecule has 0 aliphatic heterocycles. The molecule has 2 atom stereocenters. The molecular weight excluding hydrogens is 234 g/mol. The van der Waals surface area contributed by atoms with E-state index in [1.54, 1.807) is 0 Å². The van der Waals surface area contributed by atoms with E-state index >= 15 is 0 Å². The van der Waals surface area contributed by atoms with E-state index in [0.29, 0.717) is 0 Å². The third kappa shape index (κ3) is 3.25. The molecule has 90 valence electrons. The van der Waals surface area contributed by atoms with Gasteiger partial charge < -0.3 is 5.32 Å². The molecule has 0 spiro atoms. The fraction of sp³-hybridized carbons (Fsp3) is 0.692. The maximum absolute atomic E-state index is 3.74. The topological polar surface area (TPSA) is 12.0 Å². The molecule has 1 heterocycles. The second-order valence-corrected chi connectivity index (χ2v) is 7.31. The van der Waals surface area contributed by atoms with Gasteiger partial charge in [0.25, 0.3) is 0 Å². The normalized spacial score (nSPS) is 25.1. The predicted molar refractivity (Wildman–Crippen MR) is 75.5 cm³/mol. The Balaban J connectivity index is 1.80. The van der Waals surface area contributed by atoms with Crippen LogP contribution in [-0.4, -0.2) is 17.0 Å². The summed E-state index contributed by atoms with van der Waals surface area (Å²) in [6, 6.07) is 5.21. The van der Waals surface area contributed by atoms with Crippen molar-refractivity contribution in [2.45, 2.75) is 50.9 Å².